The fourth-order valence-corrected chi connectivity index (χ4v) is 3.93. The number of hydrogen-bond donors (Lipinski definition) is 0. The van der Waals surface area contributed by atoms with Gasteiger partial charge < -0.3 is 18.9 Å². The largest absolute Gasteiger partial charge is 0.454 e. The summed E-state index contributed by atoms with van der Waals surface area (Å²) in [5.41, 5.74) is 1.28. The van der Waals surface area contributed by atoms with Crippen LogP contribution in [0.25, 0.3) is 0 Å². The summed E-state index contributed by atoms with van der Waals surface area (Å²) in [4.78, 5) is 2.55. The van der Waals surface area contributed by atoms with E-state index < -0.39 is 0 Å². The maximum atomic E-state index is 6.24. The zero-order chi connectivity index (χ0) is 15.6. The Bertz CT molecular complexity index is 550. The molecule has 0 unspecified atom stereocenters. The number of benzene rings is 1. The first-order chi connectivity index (χ1) is 11.3. The van der Waals surface area contributed by atoms with Crippen LogP contribution in [0.5, 0.6) is 11.5 Å². The lowest BCUT2D eigenvalue weighted by Gasteiger charge is -2.36. The fourth-order valence-electron chi connectivity index (χ4n) is 3.93. The minimum atomic E-state index is 0.279. The zero-order valence-electron chi connectivity index (χ0n) is 13.7. The van der Waals surface area contributed by atoms with Crippen molar-refractivity contribution >= 4 is 0 Å². The molecule has 126 valence electrons. The molecule has 3 aliphatic heterocycles. The van der Waals surface area contributed by atoms with Crippen molar-refractivity contribution in [2.24, 2.45) is 0 Å². The second-order valence-corrected chi connectivity index (χ2v) is 6.55. The summed E-state index contributed by atoms with van der Waals surface area (Å²) in [5, 5.41) is 0. The van der Waals surface area contributed by atoms with Crippen molar-refractivity contribution in [1.29, 1.82) is 0 Å². The summed E-state index contributed by atoms with van der Waals surface area (Å²) in [6, 6.07) is 6.80. The Labute approximate surface area is 137 Å². The highest BCUT2D eigenvalue weighted by atomic mass is 16.7. The summed E-state index contributed by atoms with van der Waals surface area (Å²) in [5.74, 6) is 1.72. The number of fused-ring (bicyclic) bond motifs is 2. The monoisotopic (exact) mass is 319 g/mol. The Hall–Kier alpha value is -1.30. The van der Waals surface area contributed by atoms with E-state index in [4.69, 9.17) is 18.9 Å². The van der Waals surface area contributed by atoms with E-state index in [0.29, 0.717) is 18.9 Å². The quantitative estimate of drug-likeness (QED) is 0.834. The highest BCUT2D eigenvalue weighted by molar-refractivity contribution is 5.44. The lowest BCUT2D eigenvalue weighted by atomic mass is 9.99. The number of hydrogen-bond acceptors (Lipinski definition) is 5. The van der Waals surface area contributed by atoms with E-state index in [-0.39, 0.29) is 6.10 Å². The Balaban J connectivity index is 1.36. The van der Waals surface area contributed by atoms with E-state index in [1.165, 1.54) is 12.0 Å². The molecule has 0 aromatic heterocycles. The van der Waals surface area contributed by atoms with E-state index in [0.717, 1.165) is 50.6 Å². The highest BCUT2D eigenvalue weighted by Gasteiger charge is 2.39. The van der Waals surface area contributed by atoms with E-state index in [2.05, 4.69) is 17.0 Å². The van der Waals surface area contributed by atoms with Gasteiger partial charge in [0.1, 0.15) is 0 Å². The molecule has 0 bridgehead atoms. The fraction of sp³-hybridized carbons (Fsp3) is 0.667. The van der Waals surface area contributed by atoms with Crippen LogP contribution in [0.2, 0.25) is 0 Å². The molecule has 0 radical (unpaired) electrons. The summed E-state index contributed by atoms with van der Waals surface area (Å²) in [6.07, 6.45) is 4.06. The summed E-state index contributed by atoms with van der Waals surface area (Å²) < 4.78 is 22.6. The Morgan fingerprint density at radius 3 is 3.00 bits per heavy atom. The summed E-state index contributed by atoms with van der Waals surface area (Å²) in [7, 11) is 0. The molecule has 3 heterocycles. The maximum absolute atomic E-state index is 6.24. The van der Waals surface area contributed by atoms with Crippen molar-refractivity contribution < 1.29 is 18.9 Å². The molecule has 5 nitrogen and oxygen atoms in total. The molecule has 0 amide bonds. The minimum Gasteiger partial charge on any atom is -0.454 e. The summed E-state index contributed by atoms with van der Waals surface area (Å²) in [6.45, 7) is 5.94. The van der Waals surface area contributed by atoms with Gasteiger partial charge in [-0.15, -0.1) is 0 Å². The molecule has 4 rings (SSSR count). The summed E-state index contributed by atoms with van der Waals surface area (Å²) >= 11 is 0. The number of ether oxygens (including phenoxy) is 4. The second-order valence-electron chi connectivity index (χ2n) is 6.55. The highest BCUT2D eigenvalue weighted by Crippen LogP contribution is 2.35. The average Bonchev–Trinajstić information content (AvgIpc) is 3.19. The smallest absolute Gasteiger partial charge is 0.231 e. The van der Waals surface area contributed by atoms with Crippen molar-refractivity contribution in [1.82, 2.24) is 4.90 Å². The molecule has 0 N–H and O–H groups in total. The molecule has 2 saturated heterocycles. The van der Waals surface area contributed by atoms with E-state index in [1.807, 2.05) is 13.0 Å². The van der Waals surface area contributed by atoms with Crippen LogP contribution in [0.15, 0.2) is 18.2 Å². The Kier molecular flexibility index (Phi) is 4.42. The molecular weight excluding hydrogens is 294 g/mol. The maximum Gasteiger partial charge on any atom is 0.231 e. The third-order valence-corrected chi connectivity index (χ3v) is 5.08. The Morgan fingerprint density at radius 2 is 2.09 bits per heavy atom. The molecule has 23 heavy (non-hydrogen) atoms. The molecule has 1 aromatic carbocycles. The predicted molar refractivity (Wildman–Crippen MR) is 85.8 cm³/mol. The number of likely N-dealkylation sites (tertiary alicyclic amines) is 1. The van der Waals surface area contributed by atoms with Gasteiger partial charge in [0.2, 0.25) is 6.79 Å². The van der Waals surface area contributed by atoms with Crippen molar-refractivity contribution in [3.63, 3.8) is 0 Å². The molecule has 5 heteroatoms. The van der Waals surface area contributed by atoms with Gasteiger partial charge in [0, 0.05) is 25.7 Å². The molecule has 3 aliphatic rings. The minimum absolute atomic E-state index is 0.279. The standard InChI is InChI=1S/C18H25NO4/c1-2-20-11-14-4-5-15-16(23-14)7-8-19(15)10-13-3-6-17-18(9-13)22-12-21-17/h3,6,9,14-16H,2,4-5,7-8,10-12H2,1H3/t14-,15+,16+/m1/s1. The van der Waals surface area contributed by atoms with E-state index in [9.17, 15) is 0 Å². The van der Waals surface area contributed by atoms with Crippen LogP contribution in [-0.4, -0.2) is 49.7 Å². The lowest BCUT2D eigenvalue weighted by molar-refractivity contribution is -0.0985. The van der Waals surface area contributed by atoms with Gasteiger partial charge in [-0.25, -0.2) is 0 Å². The van der Waals surface area contributed by atoms with E-state index in [1.54, 1.807) is 0 Å². The normalized spacial score (nSPS) is 29.7. The van der Waals surface area contributed by atoms with Crippen molar-refractivity contribution in [2.45, 2.75) is 51.0 Å². The van der Waals surface area contributed by atoms with Crippen LogP contribution >= 0.6 is 0 Å². The van der Waals surface area contributed by atoms with Crippen LogP contribution in [0.1, 0.15) is 31.7 Å². The predicted octanol–water partition coefficient (Wildman–Crippen LogP) is 2.57. The number of rotatable bonds is 5. The zero-order valence-corrected chi connectivity index (χ0v) is 13.7. The first-order valence-electron chi connectivity index (χ1n) is 8.69. The van der Waals surface area contributed by atoms with Crippen LogP contribution < -0.4 is 9.47 Å². The molecule has 3 atom stereocenters. The van der Waals surface area contributed by atoms with Gasteiger partial charge in [-0.3, -0.25) is 4.90 Å². The van der Waals surface area contributed by atoms with Gasteiger partial charge in [-0.2, -0.15) is 0 Å². The van der Waals surface area contributed by atoms with Crippen LogP contribution in [-0.2, 0) is 16.0 Å². The van der Waals surface area contributed by atoms with Crippen LogP contribution in [0.3, 0.4) is 0 Å². The van der Waals surface area contributed by atoms with Gasteiger partial charge in [0.05, 0.1) is 18.8 Å². The molecule has 2 fully saturated rings. The first-order valence-corrected chi connectivity index (χ1v) is 8.69. The van der Waals surface area contributed by atoms with Gasteiger partial charge in [-0.1, -0.05) is 6.07 Å². The second kappa shape index (κ2) is 6.67. The molecule has 1 aromatic rings. The van der Waals surface area contributed by atoms with E-state index >= 15 is 0 Å². The molecular formula is C18H25NO4. The van der Waals surface area contributed by atoms with Gasteiger partial charge in [-0.05, 0) is 43.9 Å². The molecule has 0 spiro atoms. The third-order valence-electron chi connectivity index (χ3n) is 5.08. The van der Waals surface area contributed by atoms with Crippen molar-refractivity contribution in [2.75, 3.05) is 26.6 Å². The van der Waals surface area contributed by atoms with Crippen LogP contribution in [0, 0.1) is 0 Å². The number of nitrogens with zero attached hydrogens (tertiary/aromatic N) is 1. The van der Waals surface area contributed by atoms with Crippen molar-refractivity contribution in [3.8, 4) is 11.5 Å². The van der Waals surface area contributed by atoms with Gasteiger partial charge >= 0.3 is 0 Å². The Morgan fingerprint density at radius 1 is 1.17 bits per heavy atom. The van der Waals surface area contributed by atoms with Crippen LogP contribution in [0.4, 0.5) is 0 Å². The van der Waals surface area contributed by atoms with Gasteiger partial charge in [0.15, 0.2) is 11.5 Å². The topological polar surface area (TPSA) is 40.2 Å². The molecule has 0 saturated carbocycles. The lowest BCUT2D eigenvalue weighted by Crippen LogP contribution is -2.43. The first kappa shape index (κ1) is 15.2. The van der Waals surface area contributed by atoms with Gasteiger partial charge in [0.25, 0.3) is 0 Å². The third kappa shape index (κ3) is 3.18. The average molecular weight is 319 g/mol. The van der Waals surface area contributed by atoms with Crippen molar-refractivity contribution in [3.05, 3.63) is 23.8 Å². The molecule has 0 aliphatic carbocycles. The SMILES string of the molecule is CCOC[C@H]1CC[C@H]2[C@H](CCN2Cc2ccc3c(c2)OCO3)O1.